The number of hydrogen-bond donors (Lipinski definition) is 2. The minimum Gasteiger partial charge on any atom is -0.346 e. The topological polar surface area (TPSA) is 96.9 Å². The first kappa shape index (κ1) is 17.2. The summed E-state index contributed by atoms with van der Waals surface area (Å²) in [6.45, 7) is 1.84. The van der Waals surface area contributed by atoms with Gasteiger partial charge in [0.15, 0.2) is 5.78 Å². The lowest BCUT2D eigenvalue weighted by Crippen LogP contribution is -2.23. The summed E-state index contributed by atoms with van der Waals surface area (Å²) < 4.78 is 0. The van der Waals surface area contributed by atoms with E-state index in [2.05, 4.69) is 25.6 Å². The molecule has 0 bridgehead atoms. The standard InChI is InChI=1S/C19H17N5O2/c1-13(25)14-5-4-7-16(9-14)24-19-22-10-15(11-23-19)18(26)21-12-17-6-2-3-8-20-17/h2-11H,12H2,1H3,(H,21,26)(H,22,23,24). The molecule has 0 fully saturated rings. The van der Waals surface area contributed by atoms with Crippen LogP contribution < -0.4 is 10.6 Å². The predicted octanol–water partition coefficient (Wildman–Crippen LogP) is 2.75. The minimum absolute atomic E-state index is 0.0190. The van der Waals surface area contributed by atoms with Crippen LogP contribution in [0.4, 0.5) is 11.6 Å². The minimum atomic E-state index is -0.277. The molecular formula is C19H17N5O2. The second-order valence-corrected chi connectivity index (χ2v) is 5.56. The van der Waals surface area contributed by atoms with Gasteiger partial charge >= 0.3 is 0 Å². The van der Waals surface area contributed by atoms with Crippen molar-refractivity contribution in [1.29, 1.82) is 0 Å². The highest BCUT2D eigenvalue weighted by Gasteiger charge is 2.08. The van der Waals surface area contributed by atoms with Crippen molar-refractivity contribution < 1.29 is 9.59 Å². The maximum absolute atomic E-state index is 12.1. The number of benzene rings is 1. The van der Waals surface area contributed by atoms with Crippen LogP contribution in [-0.4, -0.2) is 26.6 Å². The molecule has 3 rings (SSSR count). The van der Waals surface area contributed by atoms with E-state index in [0.717, 1.165) is 5.69 Å². The number of rotatable bonds is 6. The van der Waals surface area contributed by atoms with Crippen LogP contribution in [0, 0.1) is 0 Å². The number of aromatic nitrogens is 3. The lowest BCUT2D eigenvalue weighted by atomic mass is 10.1. The van der Waals surface area contributed by atoms with Crippen LogP contribution in [0.25, 0.3) is 0 Å². The Balaban J connectivity index is 1.62. The Kier molecular flexibility index (Phi) is 5.28. The zero-order valence-corrected chi connectivity index (χ0v) is 14.1. The molecule has 0 saturated carbocycles. The van der Waals surface area contributed by atoms with E-state index < -0.39 is 0 Å². The average molecular weight is 347 g/mol. The van der Waals surface area contributed by atoms with Crippen LogP contribution in [0.15, 0.2) is 61.1 Å². The summed E-state index contributed by atoms with van der Waals surface area (Å²) in [6.07, 6.45) is 4.56. The number of nitrogens with one attached hydrogen (secondary N) is 2. The quantitative estimate of drug-likeness (QED) is 0.666. The van der Waals surface area contributed by atoms with Gasteiger partial charge in [0.1, 0.15) is 0 Å². The van der Waals surface area contributed by atoms with E-state index in [1.54, 1.807) is 24.4 Å². The van der Waals surface area contributed by atoms with Gasteiger partial charge in [0.25, 0.3) is 5.91 Å². The summed E-state index contributed by atoms with van der Waals surface area (Å²) in [4.78, 5) is 36.0. The molecule has 0 radical (unpaired) electrons. The molecule has 2 aromatic heterocycles. The molecule has 7 nitrogen and oxygen atoms in total. The maximum Gasteiger partial charge on any atom is 0.254 e. The number of pyridine rings is 1. The lowest BCUT2D eigenvalue weighted by molar-refractivity contribution is 0.0948. The van der Waals surface area contributed by atoms with E-state index in [4.69, 9.17) is 0 Å². The van der Waals surface area contributed by atoms with Crippen LogP contribution in [0.1, 0.15) is 33.3 Å². The number of anilines is 2. The van der Waals surface area contributed by atoms with Gasteiger partial charge in [-0.25, -0.2) is 9.97 Å². The van der Waals surface area contributed by atoms with Gasteiger partial charge in [0.05, 0.1) is 17.8 Å². The van der Waals surface area contributed by atoms with Gasteiger partial charge in [-0.1, -0.05) is 18.2 Å². The molecule has 0 aliphatic rings. The summed E-state index contributed by atoms with van der Waals surface area (Å²) in [7, 11) is 0. The highest BCUT2D eigenvalue weighted by atomic mass is 16.1. The fraction of sp³-hybridized carbons (Fsp3) is 0.105. The molecule has 0 spiro atoms. The number of Topliss-reactive ketones (excluding diaryl/α,β-unsaturated/α-hetero) is 1. The number of amides is 1. The molecule has 0 saturated heterocycles. The normalized spacial score (nSPS) is 10.2. The molecule has 0 unspecified atom stereocenters. The van der Waals surface area contributed by atoms with E-state index >= 15 is 0 Å². The smallest absolute Gasteiger partial charge is 0.254 e. The van der Waals surface area contributed by atoms with Gasteiger partial charge < -0.3 is 10.6 Å². The second kappa shape index (κ2) is 7.98. The Morgan fingerprint density at radius 3 is 2.46 bits per heavy atom. The predicted molar refractivity (Wildman–Crippen MR) is 97.2 cm³/mol. The van der Waals surface area contributed by atoms with Gasteiger partial charge in [-0.15, -0.1) is 0 Å². The monoisotopic (exact) mass is 347 g/mol. The first-order valence-electron chi connectivity index (χ1n) is 8.00. The Hall–Kier alpha value is -3.61. The third-order valence-corrected chi connectivity index (χ3v) is 3.60. The number of carbonyl (C=O) groups excluding carboxylic acids is 2. The number of nitrogens with zero attached hydrogens (tertiary/aromatic N) is 3. The average Bonchev–Trinajstić information content (AvgIpc) is 2.68. The molecule has 1 amide bonds. The van der Waals surface area contributed by atoms with E-state index in [9.17, 15) is 9.59 Å². The maximum atomic E-state index is 12.1. The van der Waals surface area contributed by atoms with Gasteiger partial charge in [-0.3, -0.25) is 14.6 Å². The van der Waals surface area contributed by atoms with Gasteiger partial charge in [0, 0.05) is 29.8 Å². The SMILES string of the molecule is CC(=O)c1cccc(Nc2ncc(C(=O)NCc3ccccn3)cn2)c1. The molecule has 26 heavy (non-hydrogen) atoms. The van der Waals surface area contributed by atoms with E-state index in [0.29, 0.717) is 29.3 Å². The second-order valence-electron chi connectivity index (χ2n) is 5.56. The van der Waals surface area contributed by atoms with Crippen molar-refractivity contribution in [3.8, 4) is 0 Å². The van der Waals surface area contributed by atoms with Crippen molar-refractivity contribution in [1.82, 2.24) is 20.3 Å². The van der Waals surface area contributed by atoms with Crippen molar-refractivity contribution in [3.05, 3.63) is 77.9 Å². The molecule has 130 valence electrons. The van der Waals surface area contributed by atoms with Crippen LogP contribution in [-0.2, 0) is 6.54 Å². The van der Waals surface area contributed by atoms with Crippen LogP contribution >= 0.6 is 0 Å². The Labute approximate surface area is 150 Å². The highest BCUT2D eigenvalue weighted by molar-refractivity contribution is 5.95. The zero-order valence-electron chi connectivity index (χ0n) is 14.1. The molecule has 2 N–H and O–H groups in total. The lowest BCUT2D eigenvalue weighted by Gasteiger charge is -2.07. The number of ketones is 1. The van der Waals surface area contributed by atoms with Crippen molar-refractivity contribution in [3.63, 3.8) is 0 Å². The molecule has 0 aliphatic heterocycles. The van der Waals surface area contributed by atoms with Crippen molar-refractivity contribution in [2.45, 2.75) is 13.5 Å². The summed E-state index contributed by atoms with van der Waals surface area (Å²) >= 11 is 0. The van der Waals surface area contributed by atoms with Gasteiger partial charge in [-0.05, 0) is 31.2 Å². The fourth-order valence-electron chi connectivity index (χ4n) is 2.23. The third kappa shape index (κ3) is 4.47. The third-order valence-electron chi connectivity index (χ3n) is 3.60. The fourth-order valence-corrected chi connectivity index (χ4v) is 2.23. The summed E-state index contributed by atoms with van der Waals surface area (Å²) in [5.41, 5.74) is 2.42. The molecule has 0 atom stereocenters. The molecule has 1 aromatic carbocycles. The van der Waals surface area contributed by atoms with Crippen LogP contribution in [0.3, 0.4) is 0 Å². The van der Waals surface area contributed by atoms with E-state index in [-0.39, 0.29) is 11.7 Å². The van der Waals surface area contributed by atoms with E-state index in [1.807, 2.05) is 24.3 Å². The van der Waals surface area contributed by atoms with Crippen molar-refractivity contribution in [2.75, 3.05) is 5.32 Å². The summed E-state index contributed by atoms with van der Waals surface area (Å²) in [5, 5.41) is 5.77. The molecule has 2 heterocycles. The highest BCUT2D eigenvalue weighted by Crippen LogP contribution is 2.15. The molecule has 7 heteroatoms. The van der Waals surface area contributed by atoms with E-state index in [1.165, 1.54) is 19.3 Å². The first-order valence-corrected chi connectivity index (χ1v) is 8.00. The zero-order chi connectivity index (χ0) is 18.4. The largest absolute Gasteiger partial charge is 0.346 e. The summed E-state index contributed by atoms with van der Waals surface area (Å²) in [6, 6.07) is 12.6. The van der Waals surface area contributed by atoms with Crippen LogP contribution in [0.2, 0.25) is 0 Å². The Morgan fingerprint density at radius 2 is 1.77 bits per heavy atom. The van der Waals surface area contributed by atoms with Crippen LogP contribution in [0.5, 0.6) is 0 Å². The van der Waals surface area contributed by atoms with Crippen molar-refractivity contribution in [2.24, 2.45) is 0 Å². The first-order chi connectivity index (χ1) is 12.6. The van der Waals surface area contributed by atoms with Crippen molar-refractivity contribution >= 4 is 23.3 Å². The molecular weight excluding hydrogens is 330 g/mol. The number of carbonyl (C=O) groups is 2. The van der Waals surface area contributed by atoms with Gasteiger partial charge in [0.2, 0.25) is 5.95 Å². The summed E-state index contributed by atoms with van der Waals surface area (Å²) in [5.74, 6) is 0.0438. The molecule has 0 aliphatic carbocycles. The Bertz CT molecular complexity index is 911. The number of hydrogen-bond acceptors (Lipinski definition) is 6. The van der Waals surface area contributed by atoms with Gasteiger partial charge in [-0.2, -0.15) is 0 Å². The Morgan fingerprint density at radius 1 is 0.962 bits per heavy atom. The molecule has 3 aromatic rings.